The molecule has 0 radical (unpaired) electrons. The molecule has 1 fully saturated rings. The number of hydrogen-bond donors (Lipinski definition) is 2. The maximum absolute atomic E-state index is 13.6. The Hall–Kier alpha value is -3.37. The van der Waals surface area contributed by atoms with Gasteiger partial charge < -0.3 is 19.9 Å². The second kappa shape index (κ2) is 15.9. The number of fused-ring (bicyclic) bond motifs is 1. The number of benzene rings is 1. The van der Waals surface area contributed by atoms with E-state index in [4.69, 9.17) is 4.74 Å². The highest BCUT2D eigenvalue weighted by Crippen LogP contribution is 2.37. The SMILES string of the molecule is CCCCC(CCCC)N1CCN(C(=O)[C@@H](C)NC(=O)c2[nH]c3ccccc3c2Sc2ncccc2C(=O)OCC)CC1. The highest BCUT2D eigenvalue weighted by Gasteiger charge is 2.30. The van der Waals surface area contributed by atoms with Crippen molar-refractivity contribution in [2.45, 2.75) is 88.2 Å². The predicted octanol–water partition coefficient (Wildman–Crippen LogP) is 5.90. The second-order valence-electron chi connectivity index (χ2n) is 11.0. The maximum Gasteiger partial charge on any atom is 0.340 e. The molecule has 0 unspecified atom stereocenters. The fourth-order valence-corrected chi connectivity index (χ4v) is 6.72. The van der Waals surface area contributed by atoms with Gasteiger partial charge in [0.15, 0.2) is 0 Å². The highest BCUT2D eigenvalue weighted by atomic mass is 32.2. The molecule has 1 aromatic carbocycles. The molecule has 2 amide bonds. The molecule has 0 bridgehead atoms. The number of carbonyl (C=O) groups excluding carboxylic acids is 3. The molecular formula is C33H45N5O4S. The molecule has 3 aromatic rings. The van der Waals surface area contributed by atoms with Crippen LogP contribution in [0.25, 0.3) is 10.9 Å². The summed E-state index contributed by atoms with van der Waals surface area (Å²) in [5.41, 5.74) is 1.44. The first-order valence-corrected chi connectivity index (χ1v) is 16.4. The van der Waals surface area contributed by atoms with Crippen molar-refractivity contribution in [2.24, 2.45) is 0 Å². The number of pyridine rings is 1. The largest absolute Gasteiger partial charge is 0.462 e. The van der Waals surface area contributed by atoms with Gasteiger partial charge in [0.2, 0.25) is 5.91 Å². The van der Waals surface area contributed by atoms with Gasteiger partial charge in [-0.1, -0.05) is 69.5 Å². The number of nitrogens with one attached hydrogen (secondary N) is 2. The normalized spacial score (nSPS) is 14.7. The van der Waals surface area contributed by atoms with E-state index >= 15 is 0 Å². The van der Waals surface area contributed by atoms with Crippen molar-refractivity contribution in [1.82, 2.24) is 25.1 Å². The Labute approximate surface area is 259 Å². The Balaban J connectivity index is 1.46. The molecule has 10 heteroatoms. The number of aromatic amines is 1. The van der Waals surface area contributed by atoms with Crippen LogP contribution in [-0.2, 0) is 9.53 Å². The first-order valence-electron chi connectivity index (χ1n) is 15.6. The smallest absolute Gasteiger partial charge is 0.340 e. The van der Waals surface area contributed by atoms with Crippen molar-refractivity contribution in [3.05, 3.63) is 53.9 Å². The van der Waals surface area contributed by atoms with Gasteiger partial charge in [0.25, 0.3) is 5.91 Å². The van der Waals surface area contributed by atoms with E-state index in [9.17, 15) is 14.4 Å². The molecule has 4 rings (SSSR count). The zero-order valence-corrected chi connectivity index (χ0v) is 26.7. The van der Waals surface area contributed by atoms with E-state index in [1.807, 2.05) is 29.2 Å². The summed E-state index contributed by atoms with van der Waals surface area (Å²) < 4.78 is 5.22. The van der Waals surface area contributed by atoms with Crippen LogP contribution in [0.5, 0.6) is 0 Å². The van der Waals surface area contributed by atoms with Gasteiger partial charge >= 0.3 is 5.97 Å². The maximum atomic E-state index is 13.6. The van der Waals surface area contributed by atoms with Crippen LogP contribution in [0.15, 0.2) is 52.5 Å². The Morgan fingerprint density at radius 3 is 2.37 bits per heavy atom. The van der Waals surface area contributed by atoms with Crippen LogP contribution in [0, 0.1) is 0 Å². The summed E-state index contributed by atoms with van der Waals surface area (Å²) in [5, 5.41) is 4.20. The number of para-hydroxylation sites is 1. The minimum absolute atomic E-state index is 0.0775. The van der Waals surface area contributed by atoms with Crippen molar-refractivity contribution >= 4 is 40.4 Å². The first kappa shape index (κ1) is 32.5. The molecule has 1 atom stereocenters. The summed E-state index contributed by atoms with van der Waals surface area (Å²) >= 11 is 1.23. The summed E-state index contributed by atoms with van der Waals surface area (Å²) in [6.45, 7) is 11.3. The van der Waals surface area contributed by atoms with Crippen LogP contribution in [0.1, 0.15) is 87.1 Å². The molecule has 0 saturated carbocycles. The molecular weight excluding hydrogens is 562 g/mol. The monoisotopic (exact) mass is 607 g/mol. The van der Waals surface area contributed by atoms with E-state index in [1.165, 1.54) is 50.3 Å². The number of piperazine rings is 1. The van der Waals surface area contributed by atoms with Crippen LogP contribution >= 0.6 is 11.8 Å². The van der Waals surface area contributed by atoms with Gasteiger partial charge in [-0.25, -0.2) is 9.78 Å². The summed E-state index contributed by atoms with van der Waals surface area (Å²) in [6.07, 6.45) is 8.88. The van der Waals surface area contributed by atoms with Crippen molar-refractivity contribution < 1.29 is 19.1 Å². The minimum atomic E-state index is -0.691. The molecule has 3 heterocycles. The van der Waals surface area contributed by atoms with E-state index in [0.717, 1.165) is 24.0 Å². The third kappa shape index (κ3) is 8.17. The summed E-state index contributed by atoms with van der Waals surface area (Å²) in [5.74, 6) is -0.928. The third-order valence-electron chi connectivity index (χ3n) is 7.99. The number of esters is 1. The highest BCUT2D eigenvalue weighted by molar-refractivity contribution is 7.99. The topological polar surface area (TPSA) is 108 Å². The second-order valence-corrected chi connectivity index (χ2v) is 12.0. The molecule has 9 nitrogen and oxygen atoms in total. The van der Waals surface area contributed by atoms with Crippen LogP contribution in [0.3, 0.4) is 0 Å². The number of aromatic nitrogens is 2. The molecule has 0 spiro atoms. The van der Waals surface area contributed by atoms with Gasteiger partial charge in [-0.3, -0.25) is 14.5 Å². The van der Waals surface area contributed by atoms with E-state index in [0.29, 0.717) is 40.3 Å². The first-order chi connectivity index (χ1) is 20.9. The Morgan fingerprint density at radius 2 is 1.70 bits per heavy atom. The average Bonchev–Trinajstić information content (AvgIpc) is 3.39. The number of ether oxygens (including phenoxy) is 1. The fourth-order valence-electron chi connectivity index (χ4n) is 5.62. The van der Waals surface area contributed by atoms with E-state index < -0.39 is 12.0 Å². The fraction of sp³-hybridized carbons (Fsp3) is 0.515. The van der Waals surface area contributed by atoms with Crippen LogP contribution < -0.4 is 5.32 Å². The zero-order valence-electron chi connectivity index (χ0n) is 25.9. The number of rotatable bonds is 14. The van der Waals surface area contributed by atoms with E-state index in [-0.39, 0.29) is 18.4 Å². The number of hydrogen-bond acceptors (Lipinski definition) is 7. The van der Waals surface area contributed by atoms with Crippen LogP contribution in [-0.4, -0.2) is 82.4 Å². The lowest BCUT2D eigenvalue weighted by Crippen LogP contribution is -2.56. The number of nitrogens with zero attached hydrogens (tertiary/aromatic N) is 3. The third-order valence-corrected chi connectivity index (χ3v) is 9.14. The lowest BCUT2D eigenvalue weighted by atomic mass is 10.0. The number of H-pyrrole nitrogens is 1. The van der Waals surface area contributed by atoms with Crippen molar-refractivity contribution in [2.75, 3.05) is 32.8 Å². The molecule has 1 aliphatic rings. The minimum Gasteiger partial charge on any atom is -0.462 e. The van der Waals surface area contributed by atoms with Gasteiger partial charge in [0.05, 0.1) is 17.1 Å². The summed E-state index contributed by atoms with van der Waals surface area (Å²) in [7, 11) is 0. The standard InChI is InChI=1S/C33H45N5O4S/c1-5-8-13-24(14-9-6-2)37-19-21-38(22-20-37)32(40)23(4)35-30(39)28-29(25-15-10-11-17-27(25)36-28)43-31-26(16-12-18-34-31)33(41)42-7-3/h10-12,15-18,23-24,36H,5-9,13-14,19-22H2,1-4H3,(H,35,39)/t23-/m1/s1. The molecule has 2 aromatic heterocycles. The van der Waals surface area contributed by atoms with E-state index in [1.54, 1.807) is 32.2 Å². The number of amides is 2. The molecule has 1 aliphatic heterocycles. The zero-order chi connectivity index (χ0) is 30.8. The van der Waals surface area contributed by atoms with Gasteiger partial charge in [-0.15, -0.1) is 0 Å². The van der Waals surface area contributed by atoms with Gasteiger partial charge in [0, 0.05) is 49.3 Å². The molecule has 0 aliphatic carbocycles. The predicted molar refractivity (Wildman–Crippen MR) is 171 cm³/mol. The van der Waals surface area contributed by atoms with Crippen LogP contribution in [0.4, 0.5) is 0 Å². The van der Waals surface area contributed by atoms with Crippen molar-refractivity contribution in [3.63, 3.8) is 0 Å². The van der Waals surface area contributed by atoms with Gasteiger partial charge in [-0.2, -0.15) is 0 Å². The van der Waals surface area contributed by atoms with Gasteiger partial charge in [0.1, 0.15) is 16.8 Å². The average molecular weight is 608 g/mol. The Kier molecular flexibility index (Phi) is 12.0. The summed E-state index contributed by atoms with van der Waals surface area (Å²) in [6, 6.07) is 10.8. The molecule has 1 saturated heterocycles. The summed E-state index contributed by atoms with van der Waals surface area (Å²) in [4.78, 5) is 52.4. The Bertz CT molecular complexity index is 1380. The lowest BCUT2D eigenvalue weighted by Gasteiger charge is -2.40. The van der Waals surface area contributed by atoms with Crippen LogP contribution in [0.2, 0.25) is 0 Å². The van der Waals surface area contributed by atoms with Gasteiger partial charge in [-0.05, 0) is 44.9 Å². The molecule has 232 valence electrons. The van der Waals surface area contributed by atoms with E-state index in [2.05, 4.69) is 34.0 Å². The van der Waals surface area contributed by atoms with Crippen molar-refractivity contribution in [1.29, 1.82) is 0 Å². The lowest BCUT2D eigenvalue weighted by molar-refractivity contribution is -0.135. The number of carbonyl (C=O) groups is 3. The quantitative estimate of drug-likeness (QED) is 0.220. The molecule has 43 heavy (non-hydrogen) atoms. The van der Waals surface area contributed by atoms with Crippen molar-refractivity contribution in [3.8, 4) is 0 Å². The number of unbranched alkanes of at least 4 members (excludes halogenated alkanes) is 2. The molecule has 2 N–H and O–H groups in total. The Morgan fingerprint density at radius 1 is 1.00 bits per heavy atom.